The van der Waals surface area contributed by atoms with Crippen LogP contribution in [-0.2, 0) is 6.42 Å². The van der Waals surface area contributed by atoms with Gasteiger partial charge in [0.25, 0.3) is 0 Å². The number of rotatable bonds is 3. The second-order valence-corrected chi connectivity index (χ2v) is 5.84. The lowest BCUT2D eigenvalue weighted by molar-refractivity contribution is 0.625. The van der Waals surface area contributed by atoms with Gasteiger partial charge in [-0.3, -0.25) is 0 Å². The van der Waals surface area contributed by atoms with E-state index in [2.05, 4.69) is 20.9 Å². The van der Waals surface area contributed by atoms with E-state index in [1.54, 1.807) is 12.1 Å². The molecule has 1 unspecified atom stereocenters. The first kappa shape index (κ1) is 14.2. The summed E-state index contributed by atoms with van der Waals surface area (Å²) < 4.78 is 13.8. The Morgan fingerprint density at radius 3 is 2.57 bits per heavy atom. The molecule has 106 valence electrons. The van der Waals surface area contributed by atoms with Crippen LogP contribution < -0.4 is 5.73 Å². The zero-order valence-electron chi connectivity index (χ0n) is 11.3. The summed E-state index contributed by atoms with van der Waals surface area (Å²) in [5, 5.41) is 1.07. The molecule has 0 spiro atoms. The van der Waals surface area contributed by atoms with Crippen molar-refractivity contribution in [3.8, 4) is 0 Å². The maximum absolute atomic E-state index is 12.9. The number of halogens is 2. The molecule has 3 rings (SSSR count). The number of para-hydroxylation sites is 1. The van der Waals surface area contributed by atoms with Crippen LogP contribution in [0.25, 0.3) is 10.9 Å². The fraction of sp³-hybridized carbons (Fsp3) is 0.118. The molecule has 0 aliphatic carbocycles. The number of nitrogens with zero attached hydrogens (tertiary/aromatic N) is 1. The predicted molar refractivity (Wildman–Crippen MR) is 86.5 cm³/mol. The summed E-state index contributed by atoms with van der Waals surface area (Å²) >= 11 is 3.54. The Morgan fingerprint density at radius 1 is 1.10 bits per heavy atom. The second-order valence-electron chi connectivity index (χ2n) is 4.99. The van der Waals surface area contributed by atoms with Gasteiger partial charge in [-0.15, -0.1) is 0 Å². The summed E-state index contributed by atoms with van der Waals surface area (Å²) in [6.45, 7) is 0. The quantitative estimate of drug-likeness (QED) is 0.765. The van der Waals surface area contributed by atoms with Gasteiger partial charge in [-0.2, -0.15) is 0 Å². The van der Waals surface area contributed by atoms with Gasteiger partial charge in [0.15, 0.2) is 0 Å². The lowest BCUT2D eigenvalue weighted by atomic mass is 10.0. The van der Waals surface area contributed by atoms with E-state index >= 15 is 0 Å². The normalized spacial score (nSPS) is 12.5. The molecular weight excluding hydrogens is 331 g/mol. The van der Waals surface area contributed by atoms with E-state index in [1.807, 2.05) is 30.3 Å². The maximum Gasteiger partial charge on any atom is 0.123 e. The molecule has 2 aromatic carbocycles. The zero-order valence-corrected chi connectivity index (χ0v) is 12.8. The molecular formula is C17H14BrFN2. The smallest absolute Gasteiger partial charge is 0.123 e. The van der Waals surface area contributed by atoms with Gasteiger partial charge in [-0.05, 0) is 52.2 Å². The van der Waals surface area contributed by atoms with Gasteiger partial charge in [-0.1, -0.05) is 30.3 Å². The van der Waals surface area contributed by atoms with Crippen molar-refractivity contribution < 1.29 is 4.39 Å². The summed E-state index contributed by atoms with van der Waals surface area (Å²) in [6, 6.07) is 16.1. The van der Waals surface area contributed by atoms with Crippen molar-refractivity contribution in [1.29, 1.82) is 0 Å². The number of aromatic nitrogens is 1. The van der Waals surface area contributed by atoms with Gasteiger partial charge in [-0.25, -0.2) is 9.37 Å². The third-order valence-corrected chi connectivity index (χ3v) is 4.06. The lowest BCUT2D eigenvalue weighted by Gasteiger charge is -2.14. The van der Waals surface area contributed by atoms with Crippen molar-refractivity contribution in [2.75, 3.05) is 0 Å². The van der Waals surface area contributed by atoms with Gasteiger partial charge in [0.2, 0.25) is 0 Å². The van der Waals surface area contributed by atoms with Crippen LogP contribution in [0.4, 0.5) is 4.39 Å². The van der Waals surface area contributed by atoms with Crippen molar-refractivity contribution in [2.24, 2.45) is 5.73 Å². The van der Waals surface area contributed by atoms with Crippen molar-refractivity contribution in [3.63, 3.8) is 0 Å². The van der Waals surface area contributed by atoms with Crippen LogP contribution in [0.3, 0.4) is 0 Å². The first-order valence-corrected chi connectivity index (χ1v) is 7.48. The Balaban J connectivity index is 1.91. The molecule has 1 atom stereocenters. The SMILES string of the molecule is NC(Cc1ccc(F)cc1)c1nc2ccccc2cc1Br. The maximum atomic E-state index is 12.9. The first-order valence-electron chi connectivity index (χ1n) is 6.69. The Labute approximate surface area is 130 Å². The average molecular weight is 345 g/mol. The highest BCUT2D eigenvalue weighted by Crippen LogP contribution is 2.26. The number of pyridine rings is 1. The summed E-state index contributed by atoms with van der Waals surface area (Å²) in [7, 11) is 0. The molecule has 3 aromatic rings. The largest absolute Gasteiger partial charge is 0.322 e. The molecule has 0 bridgehead atoms. The standard InChI is InChI=1S/C17H14BrFN2/c18-14-10-12-3-1-2-4-16(12)21-17(14)15(20)9-11-5-7-13(19)8-6-11/h1-8,10,15H,9,20H2. The number of nitrogens with two attached hydrogens (primary N) is 1. The third-order valence-electron chi connectivity index (χ3n) is 3.42. The van der Waals surface area contributed by atoms with Crippen LogP contribution in [0, 0.1) is 5.82 Å². The fourth-order valence-electron chi connectivity index (χ4n) is 2.34. The van der Waals surface area contributed by atoms with Crippen LogP contribution in [0.2, 0.25) is 0 Å². The average Bonchev–Trinajstić information content (AvgIpc) is 2.49. The highest BCUT2D eigenvalue weighted by molar-refractivity contribution is 9.10. The Bertz CT molecular complexity index is 771. The molecule has 0 aliphatic rings. The van der Waals surface area contributed by atoms with Crippen molar-refractivity contribution in [2.45, 2.75) is 12.5 Å². The van der Waals surface area contributed by atoms with Crippen LogP contribution in [0.15, 0.2) is 59.1 Å². The van der Waals surface area contributed by atoms with Crippen LogP contribution >= 0.6 is 15.9 Å². The molecule has 0 saturated carbocycles. The zero-order chi connectivity index (χ0) is 14.8. The van der Waals surface area contributed by atoms with E-state index in [0.29, 0.717) is 6.42 Å². The monoisotopic (exact) mass is 344 g/mol. The molecule has 2 N–H and O–H groups in total. The lowest BCUT2D eigenvalue weighted by Crippen LogP contribution is -2.15. The van der Waals surface area contributed by atoms with Crippen molar-refractivity contribution >= 4 is 26.8 Å². The molecule has 0 amide bonds. The van der Waals surface area contributed by atoms with Crippen LogP contribution in [-0.4, -0.2) is 4.98 Å². The van der Waals surface area contributed by atoms with Gasteiger partial charge in [0.05, 0.1) is 17.3 Å². The summed E-state index contributed by atoms with van der Waals surface area (Å²) in [4.78, 5) is 4.64. The van der Waals surface area contributed by atoms with E-state index in [-0.39, 0.29) is 11.9 Å². The highest BCUT2D eigenvalue weighted by Gasteiger charge is 2.13. The van der Waals surface area contributed by atoms with Crippen molar-refractivity contribution in [1.82, 2.24) is 4.98 Å². The number of hydrogen-bond acceptors (Lipinski definition) is 2. The highest BCUT2D eigenvalue weighted by atomic mass is 79.9. The Morgan fingerprint density at radius 2 is 1.81 bits per heavy atom. The van der Waals surface area contributed by atoms with E-state index in [1.165, 1.54) is 12.1 Å². The van der Waals surface area contributed by atoms with Crippen LogP contribution in [0.1, 0.15) is 17.3 Å². The Kier molecular flexibility index (Phi) is 3.99. The van der Waals surface area contributed by atoms with E-state index in [9.17, 15) is 4.39 Å². The topological polar surface area (TPSA) is 38.9 Å². The van der Waals surface area contributed by atoms with Gasteiger partial charge < -0.3 is 5.73 Å². The molecule has 4 heteroatoms. The molecule has 1 heterocycles. The molecule has 2 nitrogen and oxygen atoms in total. The van der Waals surface area contributed by atoms with Gasteiger partial charge in [0, 0.05) is 9.86 Å². The van der Waals surface area contributed by atoms with E-state index < -0.39 is 0 Å². The van der Waals surface area contributed by atoms with Crippen LogP contribution in [0.5, 0.6) is 0 Å². The fourth-order valence-corrected chi connectivity index (χ4v) is 2.97. The molecule has 0 saturated heterocycles. The first-order chi connectivity index (χ1) is 10.1. The minimum absolute atomic E-state index is 0.239. The second kappa shape index (κ2) is 5.92. The van der Waals surface area contributed by atoms with Gasteiger partial charge in [0.1, 0.15) is 5.82 Å². The third kappa shape index (κ3) is 3.12. The summed E-state index contributed by atoms with van der Waals surface area (Å²) in [5.74, 6) is -0.239. The number of benzene rings is 2. The minimum atomic E-state index is -0.241. The van der Waals surface area contributed by atoms with E-state index in [0.717, 1.165) is 26.6 Å². The van der Waals surface area contributed by atoms with E-state index in [4.69, 9.17) is 5.73 Å². The molecule has 0 fully saturated rings. The summed E-state index contributed by atoms with van der Waals surface area (Å²) in [6.07, 6.45) is 0.615. The molecule has 0 radical (unpaired) electrons. The minimum Gasteiger partial charge on any atom is -0.322 e. The van der Waals surface area contributed by atoms with Gasteiger partial charge >= 0.3 is 0 Å². The van der Waals surface area contributed by atoms with Crippen molar-refractivity contribution in [3.05, 3.63) is 76.1 Å². The Hall–Kier alpha value is -1.78. The number of fused-ring (bicyclic) bond motifs is 1. The summed E-state index contributed by atoms with van der Waals surface area (Å²) in [5.41, 5.74) is 9.00. The number of hydrogen-bond donors (Lipinski definition) is 1. The molecule has 0 aliphatic heterocycles. The molecule has 1 aromatic heterocycles. The predicted octanol–water partition coefficient (Wildman–Crippen LogP) is 4.38. The molecule has 21 heavy (non-hydrogen) atoms.